The fourth-order valence-corrected chi connectivity index (χ4v) is 7.94. The van der Waals surface area contributed by atoms with Gasteiger partial charge in [-0.1, -0.05) is 49.2 Å². The lowest BCUT2D eigenvalue weighted by molar-refractivity contribution is -0.118. The lowest BCUT2D eigenvalue weighted by Crippen LogP contribution is -2.47. The molecule has 1 aliphatic carbocycles. The van der Waals surface area contributed by atoms with E-state index in [2.05, 4.69) is 25.2 Å². The number of anilines is 1. The molecule has 0 spiro atoms. The molecular weight excluding hydrogens is 558 g/mol. The lowest BCUT2D eigenvalue weighted by Gasteiger charge is -2.31. The van der Waals surface area contributed by atoms with Crippen molar-refractivity contribution in [1.82, 2.24) is 29.1 Å². The van der Waals surface area contributed by atoms with Gasteiger partial charge in [0.2, 0.25) is 15.9 Å². The van der Waals surface area contributed by atoms with Crippen LogP contribution in [0, 0.1) is 5.92 Å². The topological polar surface area (TPSA) is 121 Å². The zero-order valence-electron chi connectivity index (χ0n) is 22.9. The van der Waals surface area contributed by atoms with Crippen LogP contribution in [0.1, 0.15) is 43.6 Å². The third-order valence-corrected chi connectivity index (χ3v) is 10.9. The normalized spacial score (nSPS) is 18.1. The molecule has 0 bridgehead atoms. The average Bonchev–Trinajstić information content (AvgIpc) is 3.65. The van der Waals surface area contributed by atoms with E-state index in [-0.39, 0.29) is 10.8 Å². The van der Waals surface area contributed by atoms with Crippen LogP contribution in [0.4, 0.5) is 5.13 Å². The van der Waals surface area contributed by atoms with Gasteiger partial charge in [-0.25, -0.2) is 28.4 Å². The van der Waals surface area contributed by atoms with Gasteiger partial charge in [0.25, 0.3) is 0 Å². The van der Waals surface area contributed by atoms with Crippen LogP contribution in [0.3, 0.4) is 0 Å². The van der Waals surface area contributed by atoms with E-state index in [0.717, 1.165) is 36.1 Å². The molecule has 12 heteroatoms. The van der Waals surface area contributed by atoms with Crippen LogP contribution in [0.15, 0.2) is 60.0 Å². The number of fused-ring (bicyclic) bond motifs is 1. The van der Waals surface area contributed by atoms with Gasteiger partial charge in [0.1, 0.15) is 16.7 Å². The van der Waals surface area contributed by atoms with Crippen LogP contribution in [-0.2, 0) is 14.8 Å². The van der Waals surface area contributed by atoms with Crippen molar-refractivity contribution in [1.29, 1.82) is 0 Å². The van der Waals surface area contributed by atoms with E-state index in [1.54, 1.807) is 41.0 Å². The summed E-state index contributed by atoms with van der Waals surface area (Å²) in [6.45, 7) is 2.38. The summed E-state index contributed by atoms with van der Waals surface area (Å²) in [5, 5.41) is 3.53. The minimum Gasteiger partial charge on any atom is -0.304 e. The van der Waals surface area contributed by atoms with Crippen molar-refractivity contribution >= 4 is 42.7 Å². The summed E-state index contributed by atoms with van der Waals surface area (Å²) in [5.74, 6) is -0.0787. The summed E-state index contributed by atoms with van der Waals surface area (Å²) in [6.07, 6.45) is 10.2. The van der Waals surface area contributed by atoms with Crippen LogP contribution in [0.2, 0.25) is 0 Å². The van der Waals surface area contributed by atoms with Crippen molar-refractivity contribution in [2.24, 2.45) is 5.92 Å². The smallest absolute Gasteiger partial charge is 0.243 e. The van der Waals surface area contributed by atoms with Gasteiger partial charge in [-0.3, -0.25) is 4.79 Å². The number of aromatic nitrogens is 4. The van der Waals surface area contributed by atoms with Crippen molar-refractivity contribution in [2.75, 3.05) is 38.5 Å². The Bertz CT molecular complexity index is 1610. The number of rotatable bonds is 8. The van der Waals surface area contributed by atoms with Gasteiger partial charge in [-0.15, -0.1) is 0 Å². The van der Waals surface area contributed by atoms with Gasteiger partial charge in [0, 0.05) is 44.1 Å². The molecule has 1 saturated carbocycles. The van der Waals surface area contributed by atoms with Crippen molar-refractivity contribution in [2.45, 2.75) is 42.9 Å². The highest BCUT2D eigenvalue weighted by Gasteiger charge is 2.30. The number of likely N-dealkylation sites (N-methyl/N-ethyl adjacent to an activating group) is 1. The predicted molar refractivity (Wildman–Crippen MR) is 159 cm³/mol. The summed E-state index contributed by atoms with van der Waals surface area (Å²) in [5.41, 5.74) is 3.07. The fraction of sp³-hybridized carbons (Fsp3) is 0.414. The molecule has 1 atom stereocenters. The highest BCUT2D eigenvalue weighted by atomic mass is 32.2. The molecule has 1 unspecified atom stereocenters. The predicted octanol–water partition coefficient (Wildman–Crippen LogP) is 4.39. The number of hydrogen-bond donors (Lipinski definition) is 1. The molecular formula is C29H33N7O3S2. The van der Waals surface area contributed by atoms with Crippen molar-refractivity contribution in [3.8, 4) is 11.3 Å². The second-order valence-corrected chi connectivity index (χ2v) is 13.8. The molecule has 0 radical (unpaired) electrons. The van der Waals surface area contributed by atoms with Crippen LogP contribution in [0.5, 0.6) is 0 Å². The SMILES string of the molecule is CN1CCN(S(=O)(=O)c2ccc(C(CC3CCCC3)C(=O)Nc3nc4ccc(-c5cncnc5)nc4s3)cc2)CC1. The number of benzene rings is 1. The van der Waals surface area contributed by atoms with Crippen LogP contribution in [-0.4, -0.2) is 76.7 Å². The summed E-state index contributed by atoms with van der Waals surface area (Å²) < 4.78 is 28.0. The van der Waals surface area contributed by atoms with Crippen LogP contribution >= 0.6 is 11.3 Å². The molecule has 1 aromatic carbocycles. The van der Waals surface area contributed by atoms with Gasteiger partial charge in [-0.05, 0) is 49.2 Å². The Balaban J connectivity index is 1.22. The second-order valence-electron chi connectivity index (χ2n) is 10.9. The van der Waals surface area contributed by atoms with E-state index in [0.29, 0.717) is 47.6 Å². The van der Waals surface area contributed by atoms with Gasteiger partial charge >= 0.3 is 0 Å². The Labute approximate surface area is 243 Å². The number of nitrogens with zero attached hydrogens (tertiary/aromatic N) is 6. The van der Waals surface area contributed by atoms with E-state index in [4.69, 9.17) is 4.98 Å². The van der Waals surface area contributed by atoms with Crippen LogP contribution < -0.4 is 5.32 Å². The van der Waals surface area contributed by atoms with E-state index >= 15 is 0 Å². The maximum atomic E-state index is 13.7. The molecule has 1 saturated heterocycles. The molecule has 1 aliphatic heterocycles. The highest BCUT2D eigenvalue weighted by molar-refractivity contribution is 7.89. The molecule has 10 nitrogen and oxygen atoms in total. The Hall–Kier alpha value is -3.32. The minimum atomic E-state index is -3.57. The number of nitrogens with one attached hydrogen (secondary N) is 1. The molecule has 1 amide bonds. The molecule has 3 aromatic heterocycles. The molecule has 214 valence electrons. The third kappa shape index (κ3) is 6.15. The number of hydrogen-bond acceptors (Lipinski definition) is 9. The molecule has 6 rings (SSSR count). The Morgan fingerprint density at radius 1 is 1.00 bits per heavy atom. The van der Waals surface area contributed by atoms with Gasteiger partial charge in [0.15, 0.2) is 5.13 Å². The van der Waals surface area contributed by atoms with E-state index in [1.807, 2.05) is 19.2 Å². The average molecular weight is 592 g/mol. The zero-order chi connectivity index (χ0) is 28.4. The number of sulfonamides is 1. The number of amides is 1. The molecule has 1 N–H and O–H groups in total. The van der Waals surface area contributed by atoms with E-state index < -0.39 is 15.9 Å². The minimum absolute atomic E-state index is 0.137. The summed E-state index contributed by atoms with van der Waals surface area (Å²) in [4.78, 5) is 34.2. The molecule has 2 aliphatic rings. The molecule has 2 fully saturated rings. The van der Waals surface area contributed by atoms with Crippen molar-refractivity contribution in [3.63, 3.8) is 0 Å². The molecule has 41 heavy (non-hydrogen) atoms. The van der Waals surface area contributed by atoms with E-state index in [1.165, 1.54) is 30.5 Å². The largest absolute Gasteiger partial charge is 0.304 e. The van der Waals surface area contributed by atoms with Gasteiger partial charge in [-0.2, -0.15) is 4.31 Å². The number of thiazole rings is 1. The zero-order valence-corrected chi connectivity index (χ0v) is 24.6. The standard InChI is InChI=1S/C29H33N7O3S2/c1-35-12-14-36(15-13-35)41(38,39)23-8-6-21(7-9-23)24(16-20-4-2-3-5-20)27(37)34-29-33-26-11-10-25(32-28(26)40-29)22-17-30-19-31-18-22/h6-11,17-20,24H,2-5,12-16H2,1H3,(H,33,34,37). The maximum Gasteiger partial charge on any atom is 0.243 e. The second kappa shape index (κ2) is 11.9. The summed E-state index contributed by atoms with van der Waals surface area (Å²) >= 11 is 1.33. The molecule has 4 aromatic rings. The Morgan fingerprint density at radius 3 is 2.41 bits per heavy atom. The maximum absolute atomic E-state index is 13.7. The van der Waals surface area contributed by atoms with E-state index in [9.17, 15) is 13.2 Å². The first-order valence-electron chi connectivity index (χ1n) is 14.0. The quantitative estimate of drug-likeness (QED) is 0.320. The van der Waals surface area contributed by atoms with Crippen molar-refractivity contribution < 1.29 is 13.2 Å². The molecule has 4 heterocycles. The number of pyridine rings is 1. The first-order chi connectivity index (χ1) is 19.9. The number of piperazine rings is 1. The van der Waals surface area contributed by atoms with Gasteiger partial charge in [0.05, 0.1) is 16.5 Å². The lowest BCUT2D eigenvalue weighted by atomic mass is 9.87. The monoisotopic (exact) mass is 591 g/mol. The third-order valence-electron chi connectivity index (χ3n) is 8.08. The Morgan fingerprint density at radius 2 is 1.71 bits per heavy atom. The number of carbonyl (C=O) groups is 1. The summed E-state index contributed by atoms with van der Waals surface area (Å²) in [7, 11) is -1.58. The van der Waals surface area contributed by atoms with Gasteiger partial charge < -0.3 is 10.2 Å². The summed E-state index contributed by atoms with van der Waals surface area (Å²) in [6, 6.07) is 10.6. The Kier molecular flexibility index (Phi) is 8.07. The number of carbonyl (C=O) groups excluding carboxylic acids is 1. The fourth-order valence-electron chi connectivity index (χ4n) is 5.68. The highest BCUT2D eigenvalue weighted by Crippen LogP contribution is 2.36. The first kappa shape index (κ1) is 27.8. The van der Waals surface area contributed by atoms with Crippen LogP contribution in [0.25, 0.3) is 21.6 Å². The first-order valence-corrected chi connectivity index (χ1v) is 16.2. The van der Waals surface area contributed by atoms with Crippen molar-refractivity contribution in [3.05, 3.63) is 60.7 Å².